The number of aromatic nitrogens is 1. The minimum absolute atomic E-state index is 0.0326. The fourth-order valence-corrected chi connectivity index (χ4v) is 5.82. The van der Waals surface area contributed by atoms with Crippen molar-refractivity contribution < 1.29 is 18.3 Å². The zero-order valence-corrected chi connectivity index (χ0v) is 22.3. The van der Waals surface area contributed by atoms with Crippen LogP contribution in [0.2, 0.25) is 0 Å². The largest absolute Gasteiger partial charge is 0.496 e. The zero-order valence-electron chi connectivity index (χ0n) is 20.7. The fraction of sp³-hybridized carbons (Fsp3) is 0.310. The standard InChI is InChI=1S/C29H29ClF2N2O2S/c1-19-25(32)10-9-23(31)18-37-28(27(19)30)29(35)34(24-6-4-3-5-7-24)17-22-16-21(8-11-26(22)36-2)20-12-14-33-15-13-20/h8-16,24H,1,3-7,17-18H2,2H3/b23-9+,25-10+,28-27+. The number of carbonyl (C=O) groups excluding carboxylic acids is 1. The van der Waals surface area contributed by atoms with E-state index in [1.165, 1.54) is 0 Å². The number of hydrogen-bond donors (Lipinski definition) is 0. The van der Waals surface area contributed by atoms with Gasteiger partial charge in [-0.15, -0.1) is 11.8 Å². The number of methoxy groups -OCH3 is 1. The topological polar surface area (TPSA) is 42.4 Å². The summed E-state index contributed by atoms with van der Waals surface area (Å²) in [5.41, 5.74) is 2.66. The number of ether oxygens (including phenoxy) is 1. The van der Waals surface area contributed by atoms with Crippen molar-refractivity contribution in [3.63, 3.8) is 0 Å². The number of hydrogen-bond acceptors (Lipinski definition) is 4. The Bertz CT molecular complexity index is 1250. The number of allylic oxidation sites excluding steroid dienone is 5. The molecule has 1 aromatic carbocycles. The first kappa shape index (κ1) is 27.1. The average molecular weight is 543 g/mol. The van der Waals surface area contributed by atoms with Crippen molar-refractivity contribution in [1.29, 1.82) is 0 Å². The van der Waals surface area contributed by atoms with E-state index in [1.54, 1.807) is 24.4 Å². The van der Waals surface area contributed by atoms with Crippen LogP contribution in [0, 0.1) is 0 Å². The third-order valence-corrected chi connectivity index (χ3v) is 8.24. The molecule has 2 aromatic rings. The highest BCUT2D eigenvalue weighted by atomic mass is 35.5. The van der Waals surface area contributed by atoms with Crippen LogP contribution < -0.4 is 4.74 Å². The van der Waals surface area contributed by atoms with Crippen LogP contribution >= 0.6 is 23.4 Å². The van der Waals surface area contributed by atoms with Gasteiger partial charge in [0.05, 0.1) is 22.8 Å². The number of carbonyl (C=O) groups is 1. The maximum absolute atomic E-state index is 14.5. The quantitative estimate of drug-likeness (QED) is 0.372. The van der Waals surface area contributed by atoms with E-state index >= 15 is 0 Å². The Hall–Kier alpha value is -2.90. The van der Waals surface area contributed by atoms with E-state index in [2.05, 4.69) is 11.6 Å². The van der Waals surface area contributed by atoms with E-state index < -0.39 is 11.7 Å². The molecule has 1 saturated carbocycles. The van der Waals surface area contributed by atoms with Gasteiger partial charge in [-0.05, 0) is 60.4 Å². The normalized spacial score (nSPS) is 22.1. The van der Waals surface area contributed by atoms with Gasteiger partial charge in [-0.2, -0.15) is 0 Å². The van der Waals surface area contributed by atoms with E-state index in [-0.39, 0.29) is 39.8 Å². The molecule has 4 nitrogen and oxygen atoms in total. The Morgan fingerprint density at radius 2 is 1.86 bits per heavy atom. The Kier molecular flexibility index (Phi) is 9.22. The molecule has 8 heteroatoms. The van der Waals surface area contributed by atoms with Crippen LogP contribution in [-0.2, 0) is 11.3 Å². The van der Waals surface area contributed by atoms with Crippen molar-refractivity contribution in [2.75, 3.05) is 12.9 Å². The number of halogens is 3. The maximum Gasteiger partial charge on any atom is 0.262 e. The van der Waals surface area contributed by atoms with Gasteiger partial charge in [0.15, 0.2) is 0 Å². The van der Waals surface area contributed by atoms with Crippen molar-refractivity contribution in [1.82, 2.24) is 9.88 Å². The van der Waals surface area contributed by atoms with Gasteiger partial charge in [-0.3, -0.25) is 9.78 Å². The Morgan fingerprint density at radius 3 is 2.57 bits per heavy atom. The molecule has 2 heterocycles. The first-order valence-electron chi connectivity index (χ1n) is 12.2. The average Bonchev–Trinajstić information content (AvgIpc) is 2.98. The third kappa shape index (κ3) is 6.51. The lowest BCUT2D eigenvalue weighted by molar-refractivity contribution is -0.130. The number of pyridine rings is 1. The summed E-state index contributed by atoms with van der Waals surface area (Å²) in [7, 11) is 1.60. The SMILES string of the molecule is C=C1/C(F)=C\C=C(\F)CS/C(C(=O)N(Cc2cc(-c3ccncc3)ccc2OC)C2CCCCC2)=C\1Cl. The molecule has 0 N–H and O–H groups in total. The van der Waals surface area contributed by atoms with E-state index in [0.717, 1.165) is 72.7 Å². The first-order valence-corrected chi connectivity index (χ1v) is 13.6. The summed E-state index contributed by atoms with van der Waals surface area (Å²) in [4.78, 5) is 20.1. The molecule has 0 unspecified atom stereocenters. The summed E-state index contributed by atoms with van der Waals surface area (Å²) in [5, 5.41) is -0.0924. The molecule has 1 aliphatic heterocycles. The van der Waals surface area contributed by atoms with Crippen molar-refractivity contribution in [3.8, 4) is 16.9 Å². The second-order valence-corrected chi connectivity index (χ2v) is 10.4. The summed E-state index contributed by atoms with van der Waals surface area (Å²) in [6.45, 7) is 3.98. The number of rotatable bonds is 6. The summed E-state index contributed by atoms with van der Waals surface area (Å²) in [5.74, 6) is -1.17. The van der Waals surface area contributed by atoms with Crippen molar-refractivity contribution >= 4 is 29.3 Å². The number of thioether (sulfide) groups is 1. The molecule has 1 fully saturated rings. The van der Waals surface area contributed by atoms with Crippen LogP contribution in [0.3, 0.4) is 0 Å². The molecule has 1 aromatic heterocycles. The van der Waals surface area contributed by atoms with Gasteiger partial charge in [-0.1, -0.05) is 43.5 Å². The molecule has 37 heavy (non-hydrogen) atoms. The van der Waals surface area contributed by atoms with Crippen LogP contribution in [0.15, 0.2) is 88.6 Å². The molecule has 2 aliphatic rings. The highest BCUT2D eigenvalue weighted by molar-refractivity contribution is 8.04. The van der Waals surface area contributed by atoms with Crippen molar-refractivity contribution in [3.05, 3.63) is 94.2 Å². The van der Waals surface area contributed by atoms with Crippen LogP contribution in [0.4, 0.5) is 8.78 Å². The highest BCUT2D eigenvalue weighted by Gasteiger charge is 2.31. The van der Waals surface area contributed by atoms with E-state index in [9.17, 15) is 13.6 Å². The third-order valence-electron chi connectivity index (χ3n) is 6.62. The predicted octanol–water partition coefficient (Wildman–Crippen LogP) is 7.88. The Balaban J connectivity index is 1.74. The number of nitrogens with zero attached hydrogens (tertiary/aromatic N) is 2. The zero-order chi connectivity index (χ0) is 26.4. The summed E-state index contributed by atoms with van der Waals surface area (Å²) >= 11 is 7.49. The lowest BCUT2D eigenvalue weighted by Gasteiger charge is -2.35. The summed E-state index contributed by atoms with van der Waals surface area (Å²) < 4.78 is 34.5. The minimum atomic E-state index is -0.774. The minimum Gasteiger partial charge on any atom is -0.496 e. The molecular formula is C29H29ClF2N2O2S. The van der Waals surface area contributed by atoms with Crippen molar-refractivity contribution in [2.45, 2.75) is 44.7 Å². The van der Waals surface area contributed by atoms with Gasteiger partial charge < -0.3 is 9.64 Å². The predicted molar refractivity (Wildman–Crippen MR) is 147 cm³/mol. The fourth-order valence-electron chi connectivity index (χ4n) is 4.61. The lowest BCUT2D eigenvalue weighted by atomic mass is 9.93. The van der Waals surface area contributed by atoms with Gasteiger partial charge in [0, 0.05) is 36.1 Å². The lowest BCUT2D eigenvalue weighted by Crippen LogP contribution is -2.41. The van der Waals surface area contributed by atoms with Gasteiger partial charge in [0.2, 0.25) is 0 Å². The van der Waals surface area contributed by atoms with Crippen LogP contribution in [0.5, 0.6) is 5.75 Å². The summed E-state index contributed by atoms with van der Waals surface area (Å²) in [6, 6.07) is 9.67. The van der Waals surface area contributed by atoms with Gasteiger partial charge in [0.25, 0.3) is 5.91 Å². The molecule has 4 rings (SSSR count). The van der Waals surface area contributed by atoms with E-state index in [4.69, 9.17) is 16.3 Å². The maximum atomic E-state index is 14.5. The van der Waals surface area contributed by atoms with Crippen LogP contribution in [-0.4, -0.2) is 34.7 Å². The molecule has 1 amide bonds. The highest BCUT2D eigenvalue weighted by Crippen LogP contribution is 2.37. The van der Waals surface area contributed by atoms with Crippen LogP contribution in [0.1, 0.15) is 37.7 Å². The van der Waals surface area contributed by atoms with Crippen LogP contribution in [0.25, 0.3) is 11.1 Å². The van der Waals surface area contributed by atoms with E-state index in [0.29, 0.717) is 5.75 Å². The Morgan fingerprint density at radius 1 is 1.14 bits per heavy atom. The van der Waals surface area contributed by atoms with Gasteiger partial charge >= 0.3 is 0 Å². The molecular weight excluding hydrogens is 514 g/mol. The molecule has 0 bridgehead atoms. The van der Waals surface area contributed by atoms with E-state index in [1.807, 2.05) is 30.3 Å². The monoisotopic (exact) mass is 542 g/mol. The number of amides is 1. The molecule has 0 spiro atoms. The molecule has 1 aliphatic carbocycles. The second-order valence-electron chi connectivity index (χ2n) is 9.03. The molecule has 0 atom stereocenters. The summed E-state index contributed by atoms with van der Waals surface area (Å²) in [6.07, 6.45) is 10.3. The first-order chi connectivity index (χ1) is 17.9. The molecule has 0 radical (unpaired) electrons. The number of benzene rings is 1. The van der Waals surface area contributed by atoms with Crippen molar-refractivity contribution in [2.24, 2.45) is 0 Å². The van der Waals surface area contributed by atoms with Gasteiger partial charge in [0.1, 0.15) is 17.4 Å². The Labute approximate surface area is 225 Å². The van der Waals surface area contributed by atoms with Gasteiger partial charge in [-0.25, -0.2) is 8.78 Å². The smallest absolute Gasteiger partial charge is 0.262 e. The second kappa shape index (κ2) is 12.6. The molecule has 0 saturated heterocycles. The molecule has 194 valence electrons.